The van der Waals surface area contributed by atoms with Crippen LogP contribution in [-0.4, -0.2) is 23.4 Å². The summed E-state index contributed by atoms with van der Waals surface area (Å²) in [6.45, 7) is 1.75. The quantitative estimate of drug-likeness (QED) is 0.895. The summed E-state index contributed by atoms with van der Waals surface area (Å²) < 4.78 is 11.0. The lowest BCUT2D eigenvalue weighted by atomic mass is 10.2. The molecule has 1 aromatic heterocycles. The second-order valence-corrected chi connectivity index (χ2v) is 4.35. The number of nitrogens with one attached hydrogen (secondary N) is 2. The summed E-state index contributed by atoms with van der Waals surface area (Å²) in [7, 11) is 0. The van der Waals surface area contributed by atoms with Crippen LogP contribution >= 0.6 is 11.6 Å². The van der Waals surface area contributed by atoms with E-state index in [1.165, 1.54) is 0 Å². The van der Waals surface area contributed by atoms with Gasteiger partial charge in [-0.3, -0.25) is 5.10 Å². The third-order valence-electron chi connectivity index (χ3n) is 2.65. The molecule has 94 valence electrons. The van der Waals surface area contributed by atoms with Crippen molar-refractivity contribution in [2.45, 2.75) is 6.54 Å². The van der Waals surface area contributed by atoms with Crippen molar-refractivity contribution in [3.05, 3.63) is 35.1 Å². The number of nitrogens with zero attached hydrogens (tertiary/aromatic N) is 1. The van der Waals surface area contributed by atoms with Crippen LogP contribution in [0.1, 0.15) is 5.56 Å². The first-order chi connectivity index (χ1) is 8.83. The van der Waals surface area contributed by atoms with Gasteiger partial charge in [0.1, 0.15) is 13.2 Å². The van der Waals surface area contributed by atoms with E-state index in [2.05, 4.69) is 15.5 Å². The summed E-state index contributed by atoms with van der Waals surface area (Å²) in [6, 6.07) is 3.82. The van der Waals surface area contributed by atoms with Crippen molar-refractivity contribution in [2.75, 3.05) is 18.5 Å². The molecule has 0 atom stereocenters. The maximum Gasteiger partial charge on any atom is 0.179 e. The van der Waals surface area contributed by atoms with Crippen LogP contribution in [0.4, 0.5) is 5.69 Å². The molecule has 0 saturated carbocycles. The SMILES string of the molecule is Clc1cc(CNc2cn[nH]c2)cc2c1OCCO2. The molecule has 2 aromatic rings. The van der Waals surface area contributed by atoms with Gasteiger partial charge < -0.3 is 14.8 Å². The van der Waals surface area contributed by atoms with Gasteiger partial charge in [-0.1, -0.05) is 11.6 Å². The Morgan fingerprint density at radius 3 is 3.06 bits per heavy atom. The molecular weight excluding hydrogens is 254 g/mol. The highest BCUT2D eigenvalue weighted by Crippen LogP contribution is 2.38. The zero-order valence-electron chi connectivity index (χ0n) is 9.57. The number of benzene rings is 1. The fraction of sp³-hybridized carbons (Fsp3) is 0.250. The van der Waals surface area contributed by atoms with Gasteiger partial charge >= 0.3 is 0 Å². The highest BCUT2D eigenvalue weighted by molar-refractivity contribution is 6.32. The summed E-state index contributed by atoms with van der Waals surface area (Å²) in [5.41, 5.74) is 1.96. The van der Waals surface area contributed by atoms with E-state index in [0.29, 0.717) is 36.3 Å². The minimum Gasteiger partial charge on any atom is -0.486 e. The summed E-state index contributed by atoms with van der Waals surface area (Å²) >= 11 is 6.16. The van der Waals surface area contributed by atoms with Crippen LogP contribution in [0.25, 0.3) is 0 Å². The van der Waals surface area contributed by atoms with Crippen molar-refractivity contribution in [1.29, 1.82) is 0 Å². The zero-order chi connectivity index (χ0) is 12.4. The number of halogens is 1. The molecule has 0 fully saturated rings. The Balaban J connectivity index is 1.78. The molecule has 0 unspecified atom stereocenters. The lowest BCUT2D eigenvalue weighted by Crippen LogP contribution is -2.16. The molecule has 1 aromatic carbocycles. The molecule has 0 spiro atoms. The van der Waals surface area contributed by atoms with Crippen molar-refractivity contribution in [3.63, 3.8) is 0 Å². The van der Waals surface area contributed by atoms with Gasteiger partial charge in [-0.05, 0) is 17.7 Å². The van der Waals surface area contributed by atoms with Crippen LogP contribution in [0.2, 0.25) is 5.02 Å². The number of rotatable bonds is 3. The molecule has 18 heavy (non-hydrogen) atoms. The number of fused-ring (bicyclic) bond motifs is 1. The van der Waals surface area contributed by atoms with E-state index >= 15 is 0 Å². The molecule has 6 heteroatoms. The number of aromatic amines is 1. The first-order valence-corrected chi connectivity index (χ1v) is 6.01. The Morgan fingerprint density at radius 2 is 2.22 bits per heavy atom. The van der Waals surface area contributed by atoms with E-state index < -0.39 is 0 Å². The minimum atomic E-state index is 0.541. The third kappa shape index (κ3) is 2.22. The molecule has 2 heterocycles. The summed E-state index contributed by atoms with van der Waals surface area (Å²) in [5, 5.41) is 10.4. The van der Waals surface area contributed by atoms with E-state index in [-0.39, 0.29) is 0 Å². The van der Waals surface area contributed by atoms with Gasteiger partial charge in [0.05, 0.1) is 16.9 Å². The van der Waals surface area contributed by atoms with E-state index in [1.807, 2.05) is 12.1 Å². The van der Waals surface area contributed by atoms with Crippen molar-refractivity contribution in [2.24, 2.45) is 0 Å². The van der Waals surface area contributed by atoms with Crippen molar-refractivity contribution in [1.82, 2.24) is 10.2 Å². The van der Waals surface area contributed by atoms with Gasteiger partial charge in [0.2, 0.25) is 0 Å². The standard InChI is InChI=1S/C12H12ClN3O2/c13-10-3-8(5-14-9-6-15-16-7-9)4-11-12(10)18-2-1-17-11/h3-4,6-7,14H,1-2,5H2,(H,15,16). The average Bonchev–Trinajstić information content (AvgIpc) is 2.90. The van der Waals surface area contributed by atoms with Crippen LogP contribution in [0.15, 0.2) is 24.5 Å². The minimum absolute atomic E-state index is 0.541. The Morgan fingerprint density at radius 1 is 1.33 bits per heavy atom. The second-order valence-electron chi connectivity index (χ2n) is 3.94. The normalized spacial score (nSPS) is 13.4. The molecule has 1 aliphatic heterocycles. The van der Waals surface area contributed by atoms with Crippen molar-refractivity contribution in [3.8, 4) is 11.5 Å². The molecule has 0 radical (unpaired) electrons. The average molecular weight is 266 g/mol. The number of ether oxygens (including phenoxy) is 2. The lowest BCUT2D eigenvalue weighted by Gasteiger charge is -2.20. The molecule has 0 aliphatic carbocycles. The maximum atomic E-state index is 6.16. The van der Waals surface area contributed by atoms with Crippen LogP contribution in [0, 0.1) is 0 Å². The summed E-state index contributed by atoms with van der Waals surface area (Å²) in [4.78, 5) is 0. The Bertz CT molecular complexity index is 543. The second kappa shape index (κ2) is 4.78. The fourth-order valence-electron chi connectivity index (χ4n) is 1.82. The molecule has 2 N–H and O–H groups in total. The van der Waals surface area contributed by atoms with E-state index in [4.69, 9.17) is 21.1 Å². The molecule has 3 rings (SSSR count). The molecular formula is C12H12ClN3O2. The van der Waals surface area contributed by atoms with Crippen molar-refractivity contribution < 1.29 is 9.47 Å². The zero-order valence-corrected chi connectivity index (χ0v) is 10.3. The molecule has 0 saturated heterocycles. The smallest absolute Gasteiger partial charge is 0.179 e. The van der Waals surface area contributed by atoms with E-state index in [0.717, 1.165) is 11.3 Å². The predicted molar refractivity (Wildman–Crippen MR) is 68.4 cm³/mol. The van der Waals surface area contributed by atoms with Crippen molar-refractivity contribution >= 4 is 17.3 Å². The van der Waals surface area contributed by atoms with Gasteiger partial charge in [0.15, 0.2) is 11.5 Å². The fourth-order valence-corrected chi connectivity index (χ4v) is 2.11. The Kier molecular flexibility index (Phi) is 2.98. The first-order valence-electron chi connectivity index (χ1n) is 5.63. The van der Waals surface area contributed by atoms with Crippen LogP contribution in [0.5, 0.6) is 11.5 Å². The first kappa shape index (κ1) is 11.2. The Labute approximate surface area is 109 Å². The Hall–Kier alpha value is -1.88. The summed E-state index contributed by atoms with van der Waals surface area (Å²) in [5.74, 6) is 1.34. The van der Waals surface area contributed by atoms with Gasteiger partial charge in [-0.15, -0.1) is 0 Å². The van der Waals surface area contributed by atoms with Crippen LogP contribution in [-0.2, 0) is 6.54 Å². The monoisotopic (exact) mass is 265 g/mol. The highest BCUT2D eigenvalue weighted by atomic mass is 35.5. The number of hydrogen-bond donors (Lipinski definition) is 2. The van der Waals surface area contributed by atoms with Gasteiger partial charge in [-0.2, -0.15) is 5.10 Å². The number of H-pyrrole nitrogens is 1. The van der Waals surface area contributed by atoms with Crippen LogP contribution in [0.3, 0.4) is 0 Å². The number of hydrogen-bond acceptors (Lipinski definition) is 4. The van der Waals surface area contributed by atoms with Gasteiger partial charge in [0.25, 0.3) is 0 Å². The predicted octanol–water partition coefficient (Wildman–Crippen LogP) is 2.45. The molecule has 5 nitrogen and oxygen atoms in total. The van der Waals surface area contributed by atoms with E-state index in [1.54, 1.807) is 12.4 Å². The number of aromatic nitrogens is 2. The number of anilines is 1. The maximum absolute atomic E-state index is 6.16. The van der Waals surface area contributed by atoms with Gasteiger partial charge in [-0.25, -0.2) is 0 Å². The highest BCUT2D eigenvalue weighted by Gasteiger charge is 2.16. The molecule has 0 bridgehead atoms. The topological polar surface area (TPSA) is 59.2 Å². The van der Waals surface area contributed by atoms with E-state index in [9.17, 15) is 0 Å². The largest absolute Gasteiger partial charge is 0.486 e. The van der Waals surface area contributed by atoms with Gasteiger partial charge in [0, 0.05) is 12.7 Å². The molecule has 1 aliphatic rings. The third-order valence-corrected chi connectivity index (χ3v) is 2.93. The molecule has 0 amide bonds. The lowest BCUT2D eigenvalue weighted by molar-refractivity contribution is 0.171. The summed E-state index contributed by atoms with van der Waals surface area (Å²) in [6.07, 6.45) is 3.51. The van der Waals surface area contributed by atoms with Crippen LogP contribution < -0.4 is 14.8 Å².